The van der Waals surface area contributed by atoms with E-state index in [1.165, 1.54) is 6.07 Å². The van der Waals surface area contributed by atoms with Crippen molar-refractivity contribution in [2.45, 2.75) is 12.1 Å². The maximum absolute atomic E-state index is 12.6. The number of nitrogens with two attached hydrogens (primary N) is 2. The number of carbonyl (C=O) groups is 1. The van der Waals surface area contributed by atoms with Crippen molar-refractivity contribution >= 4 is 11.6 Å². The Morgan fingerprint density at radius 3 is 2.26 bits per heavy atom. The van der Waals surface area contributed by atoms with E-state index in [0.717, 1.165) is 12.1 Å². The summed E-state index contributed by atoms with van der Waals surface area (Å²) in [6.45, 7) is -1.94. The lowest BCUT2D eigenvalue weighted by Gasteiger charge is -2.20. The summed E-state index contributed by atoms with van der Waals surface area (Å²) in [6.07, 6.45) is -5.73. The molecule has 0 radical (unpaired) electrons. The van der Waals surface area contributed by atoms with Gasteiger partial charge in [-0.15, -0.1) is 0 Å². The largest absolute Gasteiger partial charge is 0.485 e. The number of rotatable bonds is 4. The van der Waals surface area contributed by atoms with Gasteiger partial charge in [-0.25, -0.2) is 0 Å². The minimum absolute atomic E-state index is 0.125. The lowest BCUT2D eigenvalue weighted by Crippen LogP contribution is -2.41. The highest BCUT2D eigenvalue weighted by atomic mass is 19.4. The Morgan fingerprint density at radius 1 is 1.21 bits per heavy atom. The Hall–Kier alpha value is -2.06. The van der Waals surface area contributed by atoms with E-state index < -0.39 is 30.4 Å². The average molecular weight is 284 g/mol. The minimum Gasteiger partial charge on any atom is -0.485 e. The molecular weight excluding hydrogens is 275 g/mol. The van der Waals surface area contributed by atoms with Crippen molar-refractivity contribution in [3.8, 4) is 5.75 Å². The summed E-state index contributed by atoms with van der Waals surface area (Å²) in [5, 5.41) is 0. The van der Waals surface area contributed by atoms with Crippen LogP contribution in [-0.4, -0.2) is 24.6 Å². The Bertz CT molecular complexity index is 487. The standard InChI is InChI=1S/C10H9F5N2O2/c11-9(12,10(13,14)15)4-19-7-3-5(8(17)18)1-2-6(7)16/h1-3H,4,16H2,(H2,17,18). The first-order valence-corrected chi connectivity index (χ1v) is 4.81. The van der Waals surface area contributed by atoms with Gasteiger partial charge in [0.2, 0.25) is 5.91 Å². The fraction of sp³-hybridized carbons (Fsp3) is 0.300. The molecule has 0 aliphatic heterocycles. The maximum atomic E-state index is 12.6. The topological polar surface area (TPSA) is 78.3 Å². The molecule has 1 amide bonds. The van der Waals surface area contributed by atoms with Crippen molar-refractivity contribution < 1.29 is 31.5 Å². The number of anilines is 1. The van der Waals surface area contributed by atoms with Crippen molar-refractivity contribution in [3.05, 3.63) is 23.8 Å². The van der Waals surface area contributed by atoms with Gasteiger partial charge < -0.3 is 16.2 Å². The van der Waals surface area contributed by atoms with Gasteiger partial charge in [-0.2, -0.15) is 22.0 Å². The molecule has 0 unspecified atom stereocenters. The van der Waals surface area contributed by atoms with Gasteiger partial charge in [0.15, 0.2) is 6.61 Å². The SMILES string of the molecule is NC(=O)c1ccc(N)c(OCC(F)(F)C(F)(F)F)c1. The smallest absolute Gasteiger partial charge is 0.456 e. The lowest BCUT2D eigenvalue weighted by atomic mass is 10.2. The van der Waals surface area contributed by atoms with Crippen LogP contribution in [0, 0.1) is 0 Å². The molecule has 4 N–H and O–H groups in total. The van der Waals surface area contributed by atoms with E-state index >= 15 is 0 Å². The highest BCUT2D eigenvalue weighted by Crippen LogP contribution is 2.36. The second-order valence-corrected chi connectivity index (χ2v) is 3.61. The van der Waals surface area contributed by atoms with E-state index in [2.05, 4.69) is 4.74 Å². The fourth-order valence-electron chi connectivity index (χ4n) is 1.06. The van der Waals surface area contributed by atoms with Gasteiger partial charge >= 0.3 is 12.1 Å². The third kappa shape index (κ3) is 3.46. The summed E-state index contributed by atoms with van der Waals surface area (Å²) < 4.78 is 65.3. The zero-order valence-corrected chi connectivity index (χ0v) is 9.30. The zero-order chi connectivity index (χ0) is 14.8. The number of alkyl halides is 5. The molecule has 9 heteroatoms. The summed E-state index contributed by atoms with van der Waals surface area (Å²) in [7, 11) is 0. The highest BCUT2D eigenvalue weighted by molar-refractivity contribution is 5.93. The van der Waals surface area contributed by atoms with Crippen LogP contribution < -0.4 is 16.2 Å². The number of nitrogen functional groups attached to an aromatic ring is 1. The Kier molecular flexibility index (Phi) is 3.87. The Balaban J connectivity index is 2.89. The van der Waals surface area contributed by atoms with Gasteiger partial charge in [0, 0.05) is 5.56 Å². The number of halogens is 5. The van der Waals surface area contributed by atoms with Gasteiger partial charge in [0.1, 0.15) is 5.75 Å². The van der Waals surface area contributed by atoms with E-state index in [4.69, 9.17) is 11.5 Å². The summed E-state index contributed by atoms with van der Waals surface area (Å²) >= 11 is 0. The number of carbonyl (C=O) groups excluding carboxylic acids is 1. The second-order valence-electron chi connectivity index (χ2n) is 3.61. The molecule has 1 aromatic rings. The van der Waals surface area contributed by atoms with Crippen LogP contribution in [-0.2, 0) is 0 Å². The lowest BCUT2D eigenvalue weighted by molar-refractivity contribution is -0.289. The maximum Gasteiger partial charge on any atom is 0.456 e. The van der Waals surface area contributed by atoms with Gasteiger partial charge in [-0.1, -0.05) is 0 Å². The first-order valence-electron chi connectivity index (χ1n) is 4.81. The molecule has 0 atom stereocenters. The van der Waals surface area contributed by atoms with E-state index in [1.807, 2.05) is 0 Å². The quantitative estimate of drug-likeness (QED) is 0.655. The normalized spacial score (nSPS) is 12.3. The Morgan fingerprint density at radius 2 is 1.79 bits per heavy atom. The van der Waals surface area contributed by atoms with Crippen molar-refractivity contribution in [1.82, 2.24) is 0 Å². The summed E-state index contributed by atoms with van der Waals surface area (Å²) in [5.41, 5.74) is 9.93. The molecule has 0 aromatic heterocycles. The number of ether oxygens (including phenoxy) is 1. The van der Waals surface area contributed by atoms with E-state index in [1.54, 1.807) is 0 Å². The first kappa shape index (κ1) is 15.0. The van der Waals surface area contributed by atoms with Gasteiger partial charge in [0.25, 0.3) is 0 Å². The highest BCUT2D eigenvalue weighted by Gasteiger charge is 2.58. The van der Waals surface area contributed by atoms with Crippen LogP contribution in [0.1, 0.15) is 10.4 Å². The average Bonchev–Trinajstić information content (AvgIpc) is 2.26. The van der Waals surface area contributed by atoms with Crippen LogP contribution in [0.15, 0.2) is 18.2 Å². The molecule has 0 aliphatic rings. The number of benzene rings is 1. The van der Waals surface area contributed by atoms with E-state index in [9.17, 15) is 26.7 Å². The number of amides is 1. The molecule has 0 heterocycles. The molecule has 1 aromatic carbocycles. The number of primary amides is 1. The molecule has 0 bridgehead atoms. The molecule has 106 valence electrons. The summed E-state index contributed by atoms with van der Waals surface area (Å²) in [4.78, 5) is 10.8. The molecule has 0 spiro atoms. The van der Waals surface area contributed by atoms with E-state index in [-0.39, 0.29) is 11.3 Å². The van der Waals surface area contributed by atoms with Crippen LogP contribution in [0.5, 0.6) is 5.75 Å². The third-order valence-electron chi connectivity index (χ3n) is 2.12. The van der Waals surface area contributed by atoms with Gasteiger partial charge in [0.05, 0.1) is 5.69 Å². The van der Waals surface area contributed by atoms with Crippen molar-refractivity contribution in [2.24, 2.45) is 5.73 Å². The van der Waals surface area contributed by atoms with Crippen molar-refractivity contribution in [2.75, 3.05) is 12.3 Å². The molecule has 0 saturated heterocycles. The van der Waals surface area contributed by atoms with Crippen LogP contribution in [0.25, 0.3) is 0 Å². The predicted octanol–water partition coefficient (Wildman–Crippen LogP) is 1.94. The molecule has 0 saturated carbocycles. The number of hydrogen-bond acceptors (Lipinski definition) is 3. The van der Waals surface area contributed by atoms with Gasteiger partial charge in [-0.05, 0) is 18.2 Å². The number of hydrogen-bond donors (Lipinski definition) is 2. The monoisotopic (exact) mass is 284 g/mol. The summed E-state index contributed by atoms with van der Waals surface area (Å²) in [5.74, 6) is -6.39. The fourth-order valence-corrected chi connectivity index (χ4v) is 1.06. The van der Waals surface area contributed by atoms with Crippen molar-refractivity contribution in [1.29, 1.82) is 0 Å². The molecule has 19 heavy (non-hydrogen) atoms. The third-order valence-corrected chi connectivity index (χ3v) is 2.12. The van der Waals surface area contributed by atoms with Crippen LogP contribution in [0.2, 0.25) is 0 Å². The summed E-state index contributed by atoms with van der Waals surface area (Å²) in [6, 6.07) is 3.19. The predicted molar refractivity (Wildman–Crippen MR) is 55.9 cm³/mol. The molecular formula is C10H9F5N2O2. The second kappa shape index (κ2) is 4.90. The molecule has 0 fully saturated rings. The van der Waals surface area contributed by atoms with Crippen LogP contribution in [0.3, 0.4) is 0 Å². The van der Waals surface area contributed by atoms with Gasteiger partial charge in [-0.3, -0.25) is 4.79 Å². The van der Waals surface area contributed by atoms with Crippen LogP contribution >= 0.6 is 0 Å². The van der Waals surface area contributed by atoms with Crippen molar-refractivity contribution in [3.63, 3.8) is 0 Å². The van der Waals surface area contributed by atoms with Crippen LogP contribution in [0.4, 0.5) is 27.6 Å². The minimum atomic E-state index is -5.73. The molecule has 4 nitrogen and oxygen atoms in total. The molecule has 0 aliphatic carbocycles. The first-order chi connectivity index (χ1) is 8.54. The Labute approximate surface area is 104 Å². The zero-order valence-electron chi connectivity index (χ0n) is 9.30. The molecule has 1 rings (SSSR count). The van der Waals surface area contributed by atoms with E-state index in [0.29, 0.717) is 0 Å².